The molecule has 23 heavy (non-hydrogen) atoms. The molecule has 3 heterocycles. The number of methoxy groups -OCH3 is 1. The molecule has 0 saturated carbocycles. The second-order valence-corrected chi connectivity index (χ2v) is 6.07. The Balaban J connectivity index is 1.43. The Kier molecular flexibility index (Phi) is 3.71. The van der Waals surface area contributed by atoms with Gasteiger partial charge < -0.3 is 9.72 Å². The molecule has 1 aromatic carbocycles. The minimum absolute atomic E-state index is 0.461. The number of imidazole rings is 1. The van der Waals surface area contributed by atoms with E-state index >= 15 is 0 Å². The van der Waals surface area contributed by atoms with E-state index in [0.29, 0.717) is 5.92 Å². The van der Waals surface area contributed by atoms with E-state index < -0.39 is 0 Å². The third-order valence-corrected chi connectivity index (χ3v) is 4.50. The van der Waals surface area contributed by atoms with E-state index in [0.717, 1.165) is 48.8 Å². The smallest absolute Gasteiger partial charge is 0.177 e. The number of likely N-dealkylation sites (tertiary alicyclic amines) is 1. The van der Waals surface area contributed by atoms with Crippen LogP contribution < -0.4 is 4.74 Å². The SMILES string of the molecule is COc1ccc(CN2CC[C@H](c3nc4ncccc4[nH]3)C2)cc1. The van der Waals surface area contributed by atoms with Crippen molar-refractivity contribution in [3.05, 3.63) is 54.0 Å². The van der Waals surface area contributed by atoms with Gasteiger partial charge in [-0.3, -0.25) is 4.90 Å². The standard InChI is InChI=1S/C18H20N4O/c1-23-15-6-4-13(5-7-15)11-22-10-8-14(12-22)17-20-16-3-2-9-19-18(16)21-17/h2-7,9,14H,8,10-12H2,1H3,(H,19,20,21)/t14-/m0/s1. The van der Waals surface area contributed by atoms with Crippen LogP contribution >= 0.6 is 0 Å². The molecular formula is C18H20N4O. The van der Waals surface area contributed by atoms with E-state index in [2.05, 4.69) is 32.0 Å². The summed E-state index contributed by atoms with van der Waals surface area (Å²) in [5, 5.41) is 0. The minimum atomic E-state index is 0.461. The predicted octanol–water partition coefficient (Wildman–Crippen LogP) is 2.96. The molecule has 0 aliphatic carbocycles. The lowest BCUT2D eigenvalue weighted by Gasteiger charge is -2.15. The molecular weight excluding hydrogens is 288 g/mol. The molecule has 0 unspecified atom stereocenters. The number of H-pyrrole nitrogens is 1. The van der Waals surface area contributed by atoms with E-state index in [1.165, 1.54) is 5.56 Å². The van der Waals surface area contributed by atoms with Crippen LogP contribution in [0.2, 0.25) is 0 Å². The number of hydrogen-bond acceptors (Lipinski definition) is 4. The van der Waals surface area contributed by atoms with Gasteiger partial charge in [0, 0.05) is 25.2 Å². The molecule has 0 amide bonds. The molecule has 4 rings (SSSR count). The monoisotopic (exact) mass is 308 g/mol. The van der Waals surface area contributed by atoms with Gasteiger partial charge in [-0.25, -0.2) is 9.97 Å². The maximum Gasteiger partial charge on any atom is 0.177 e. The van der Waals surface area contributed by atoms with Gasteiger partial charge in [0.15, 0.2) is 5.65 Å². The topological polar surface area (TPSA) is 54.0 Å². The number of fused-ring (bicyclic) bond motifs is 1. The quantitative estimate of drug-likeness (QED) is 0.805. The van der Waals surface area contributed by atoms with Crippen molar-refractivity contribution in [1.82, 2.24) is 19.9 Å². The fourth-order valence-electron chi connectivity index (χ4n) is 3.25. The molecule has 1 atom stereocenters. The average molecular weight is 308 g/mol. The molecule has 1 N–H and O–H groups in total. The Morgan fingerprint density at radius 2 is 2.13 bits per heavy atom. The lowest BCUT2D eigenvalue weighted by Crippen LogP contribution is -2.19. The van der Waals surface area contributed by atoms with Gasteiger partial charge in [0.25, 0.3) is 0 Å². The first kappa shape index (κ1) is 14.2. The van der Waals surface area contributed by atoms with Crippen molar-refractivity contribution < 1.29 is 4.74 Å². The van der Waals surface area contributed by atoms with Gasteiger partial charge in [-0.1, -0.05) is 12.1 Å². The van der Waals surface area contributed by atoms with E-state index in [1.807, 2.05) is 24.3 Å². The predicted molar refractivity (Wildman–Crippen MR) is 89.5 cm³/mol. The van der Waals surface area contributed by atoms with Crippen molar-refractivity contribution in [3.8, 4) is 5.75 Å². The van der Waals surface area contributed by atoms with Crippen LogP contribution in [0.3, 0.4) is 0 Å². The number of pyridine rings is 1. The highest BCUT2D eigenvalue weighted by atomic mass is 16.5. The second-order valence-electron chi connectivity index (χ2n) is 6.07. The third-order valence-electron chi connectivity index (χ3n) is 4.50. The number of aromatic amines is 1. The summed E-state index contributed by atoms with van der Waals surface area (Å²) in [6.07, 6.45) is 2.92. The second kappa shape index (κ2) is 6.01. The summed E-state index contributed by atoms with van der Waals surface area (Å²) in [5.41, 5.74) is 3.16. The number of ether oxygens (including phenoxy) is 1. The molecule has 5 nitrogen and oxygen atoms in total. The zero-order chi connectivity index (χ0) is 15.6. The molecule has 3 aromatic rings. The molecule has 1 saturated heterocycles. The first-order chi connectivity index (χ1) is 11.3. The van der Waals surface area contributed by atoms with Crippen molar-refractivity contribution in [1.29, 1.82) is 0 Å². The fraction of sp³-hybridized carbons (Fsp3) is 0.333. The fourth-order valence-corrected chi connectivity index (χ4v) is 3.25. The summed E-state index contributed by atoms with van der Waals surface area (Å²) < 4.78 is 5.21. The Labute approximate surface area is 135 Å². The first-order valence-corrected chi connectivity index (χ1v) is 7.98. The van der Waals surface area contributed by atoms with E-state index in [9.17, 15) is 0 Å². The van der Waals surface area contributed by atoms with Gasteiger partial charge >= 0.3 is 0 Å². The summed E-state index contributed by atoms with van der Waals surface area (Å²) in [5.74, 6) is 2.43. The van der Waals surface area contributed by atoms with Crippen molar-refractivity contribution >= 4 is 11.2 Å². The zero-order valence-corrected chi connectivity index (χ0v) is 13.2. The highest BCUT2D eigenvalue weighted by Gasteiger charge is 2.26. The Morgan fingerprint density at radius 1 is 1.26 bits per heavy atom. The summed E-state index contributed by atoms with van der Waals surface area (Å²) in [6.45, 7) is 3.10. The summed E-state index contributed by atoms with van der Waals surface area (Å²) in [7, 11) is 1.70. The number of nitrogens with one attached hydrogen (secondary N) is 1. The van der Waals surface area contributed by atoms with Gasteiger partial charge in [0.05, 0.1) is 12.6 Å². The lowest BCUT2D eigenvalue weighted by molar-refractivity contribution is 0.325. The van der Waals surface area contributed by atoms with Crippen LogP contribution in [0.15, 0.2) is 42.6 Å². The van der Waals surface area contributed by atoms with Crippen LogP contribution in [-0.2, 0) is 6.54 Å². The van der Waals surface area contributed by atoms with Crippen LogP contribution in [-0.4, -0.2) is 40.1 Å². The Morgan fingerprint density at radius 3 is 2.91 bits per heavy atom. The Hall–Kier alpha value is -2.40. The van der Waals surface area contributed by atoms with Crippen LogP contribution in [0, 0.1) is 0 Å². The number of benzene rings is 1. The number of nitrogens with zero attached hydrogens (tertiary/aromatic N) is 3. The molecule has 1 aliphatic heterocycles. The van der Waals surface area contributed by atoms with Gasteiger partial charge in [0.1, 0.15) is 11.6 Å². The van der Waals surface area contributed by atoms with Crippen molar-refractivity contribution in [3.63, 3.8) is 0 Å². The van der Waals surface area contributed by atoms with Crippen LogP contribution in [0.25, 0.3) is 11.2 Å². The van der Waals surface area contributed by atoms with Crippen LogP contribution in [0.1, 0.15) is 23.7 Å². The van der Waals surface area contributed by atoms with E-state index in [-0.39, 0.29) is 0 Å². The van der Waals surface area contributed by atoms with Crippen LogP contribution in [0.5, 0.6) is 5.75 Å². The Bertz CT molecular complexity index is 763. The molecule has 1 aliphatic rings. The summed E-state index contributed by atoms with van der Waals surface area (Å²) >= 11 is 0. The summed E-state index contributed by atoms with van der Waals surface area (Å²) in [4.78, 5) is 14.9. The van der Waals surface area contributed by atoms with Crippen molar-refractivity contribution in [2.75, 3.05) is 20.2 Å². The molecule has 5 heteroatoms. The van der Waals surface area contributed by atoms with Gasteiger partial charge in [-0.15, -0.1) is 0 Å². The molecule has 0 bridgehead atoms. The van der Waals surface area contributed by atoms with E-state index in [4.69, 9.17) is 4.74 Å². The minimum Gasteiger partial charge on any atom is -0.497 e. The van der Waals surface area contributed by atoms with Crippen molar-refractivity contribution in [2.24, 2.45) is 0 Å². The zero-order valence-electron chi connectivity index (χ0n) is 13.2. The van der Waals surface area contributed by atoms with Crippen LogP contribution in [0.4, 0.5) is 0 Å². The van der Waals surface area contributed by atoms with Gasteiger partial charge in [-0.2, -0.15) is 0 Å². The average Bonchev–Trinajstić information content (AvgIpc) is 3.21. The summed E-state index contributed by atoms with van der Waals surface area (Å²) in [6, 6.07) is 12.3. The molecule has 1 fully saturated rings. The first-order valence-electron chi connectivity index (χ1n) is 7.98. The molecule has 118 valence electrons. The third kappa shape index (κ3) is 2.92. The molecule has 0 spiro atoms. The number of aromatic nitrogens is 3. The number of rotatable bonds is 4. The molecule has 2 aromatic heterocycles. The van der Waals surface area contributed by atoms with Crippen molar-refractivity contribution in [2.45, 2.75) is 18.9 Å². The van der Waals surface area contributed by atoms with Gasteiger partial charge in [-0.05, 0) is 42.8 Å². The van der Waals surface area contributed by atoms with Gasteiger partial charge in [0.2, 0.25) is 0 Å². The lowest BCUT2D eigenvalue weighted by atomic mass is 10.1. The highest BCUT2D eigenvalue weighted by Crippen LogP contribution is 2.27. The maximum absolute atomic E-state index is 5.21. The molecule has 0 radical (unpaired) electrons. The number of hydrogen-bond donors (Lipinski definition) is 1. The normalized spacial score (nSPS) is 18.6. The largest absolute Gasteiger partial charge is 0.497 e. The highest BCUT2D eigenvalue weighted by molar-refractivity contribution is 5.70. The van der Waals surface area contributed by atoms with E-state index in [1.54, 1.807) is 13.3 Å². The maximum atomic E-state index is 5.21.